The summed E-state index contributed by atoms with van der Waals surface area (Å²) in [7, 11) is 2.28. The molecule has 2 aliphatic rings. The van der Waals surface area contributed by atoms with E-state index in [9.17, 15) is 4.79 Å². The molecule has 0 aliphatic carbocycles. The molecule has 0 radical (unpaired) electrons. The van der Waals surface area contributed by atoms with Crippen LogP contribution in [0.5, 0.6) is 0 Å². The van der Waals surface area contributed by atoms with Gasteiger partial charge in [-0.15, -0.1) is 11.8 Å². The Morgan fingerprint density at radius 1 is 1.20 bits per heavy atom. The molecule has 3 nitrogen and oxygen atoms in total. The highest BCUT2D eigenvalue weighted by atomic mass is 32.2. The second-order valence-electron chi connectivity index (χ2n) is 5.97. The van der Waals surface area contributed by atoms with Gasteiger partial charge in [0, 0.05) is 34.8 Å². The van der Waals surface area contributed by atoms with Gasteiger partial charge in [-0.2, -0.15) is 0 Å². The lowest BCUT2D eigenvalue weighted by Crippen LogP contribution is -2.40. The highest BCUT2D eigenvalue weighted by Gasteiger charge is 2.38. The van der Waals surface area contributed by atoms with E-state index in [-0.39, 0.29) is 5.91 Å². The van der Waals surface area contributed by atoms with E-state index in [4.69, 9.17) is 0 Å². The van der Waals surface area contributed by atoms with Crippen molar-refractivity contribution in [2.45, 2.75) is 54.8 Å². The first kappa shape index (κ1) is 14.0. The smallest absolute Gasteiger partial charge is 0.221 e. The van der Waals surface area contributed by atoms with Gasteiger partial charge in [-0.1, -0.05) is 0 Å². The number of benzene rings is 1. The standard InChI is InChI=1S/C16H22N2OS/c1-11(19)17-12-3-7-15(8-4-12)20-16-9-13-5-6-14(10-16)18(13)2/h3-4,7-8,13-14,16H,5-6,9-10H2,1-2H3,(H,17,19). The van der Waals surface area contributed by atoms with Crippen molar-refractivity contribution in [3.63, 3.8) is 0 Å². The fourth-order valence-corrected chi connectivity index (χ4v) is 4.79. The van der Waals surface area contributed by atoms with Crippen LogP contribution in [0.1, 0.15) is 32.6 Å². The molecule has 3 rings (SSSR count). The third-order valence-corrected chi connectivity index (χ3v) is 5.79. The number of amides is 1. The monoisotopic (exact) mass is 290 g/mol. The molecule has 1 N–H and O–H groups in total. The summed E-state index contributed by atoms with van der Waals surface area (Å²) in [6.07, 6.45) is 5.37. The van der Waals surface area contributed by atoms with Crippen LogP contribution in [0.2, 0.25) is 0 Å². The van der Waals surface area contributed by atoms with Gasteiger partial charge in [0.25, 0.3) is 0 Å². The summed E-state index contributed by atoms with van der Waals surface area (Å²) in [5, 5.41) is 3.56. The lowest BCUT2D eigenvalue weighted by atomic mass is 10.0. The van der Waals surface area contributed by atoms with E-state index in [2.05, 4.69) is 29.4 Å². The number of anilines is 1. The number of nitrogens with zero attached hydrogens (tertiary/aromatic N) is 1. The first-order chi connectivity index (χ1) is 9.61. The van der Waals surface area contributed by atoms with Crippen LogP contribution in [-0.4, -0.2) is 35.2 Å². The second-order valence-corrected chi connectivity index (χ2v) is 7.34. The van der Waals surface area contributed by atoms with Gasteiger partial charge < -0.3 is 10.2 Å². The van der Waals surface area contributed by atoms with Gasteiger partial charge in [-0.05, 0) is 57.0 Å². The number of hydrogen-bond acceptors (Lipinski definition) is 3. The van der Waals surface area contributed by atoms with Gasteiger partial charge in [0.2, 0.25) is 5.91 Å². The predicted molar refractivity (Wildman–Crippen MR) is 84.2 cm³/mol. The molecule has 2 fully saturated rings. The van der Waals surface area contributed by atoms with Gasteiger partial charge >= 0.3 is 0 Å². The molecule has 2 heterocycles. The second kappa shape index (κ2) is 5.78. The molecule has 0 spiro atoms. The molecule has 4 heteroatoms. The summed E-state index contributed by atoms with van der Waals surface area (Å²) in [5.74, 6) is -0.0164. The maximum absolute atomic E-state index is 11.0. The number of hydrogen-bond donors (Lipinski definition) is 1. The molecule has 1 aromatic rings. The van der Waals surface area contributed by atoms with Crippen LogP contribution in [0.3, 0.4) is 0 Å². The predicted octanol–water partition coefficient (Wildman–Crippen LogP) is 3.36. The normalized spacial score (nSPS) is 29.4. The van der Waals surface area contributed by atoms with Crippen LogP contribution in [0.4, 0.5) is 5.69 Å². The molecule has 2 aliphatic heterocycles. The Labute approximate surface area is 125 Å². The Kier molecular flexibility index (Phi) is 4.03. The molecule has 0 saturated carbocycles. The molecule has 0 aromatic heterocycles. The van der Waals surface area contributed by atoms with Gasteiger partial charge in [0.1, 0.15) is 0 Å². The van der Waals surface area contributed by atoms with Crippen molar-refractivity contribution in [3.8, 4) is 0 Å². The molecule has 2 saturated heterocycles. The topological polar surface area (TPSA) is 32.3 Å². The summed E-state index contributed by atoms with van der Waals surface area (Å²) in [5.41, 5.74) is 0.880. The highest BCUT2D eigenvalue weighted by Crippen LogP contribution is 2.41. The van der Waals surface area contributed by atoms with E-state index < -0.39 is 0 Å². The van der Waals surface area contributed by atoms with E-state index in [0.29, 0.717) is 0 Å². The number of nitrogens with one attached hydrogen (secondary N) is 1. The number of rotatable bonds is 3. The number of carbonyl (C=O) groups excluding carboxylic acids is 1. The maximum atomic E-state index is 11.0. The molecular formula is C16H22N2OS. The minimum atomic E-state index is -0.0164. The highest BCUT2D eigenvalue weighted by molar-refractivity contribution is 8.00. The van der Waals surface area contributed by atoms with Crippen molar-refractivity contribution in [1.29, 1.82) is 0 Å². The average Bonchev–Trinajstić information content (AvgIpc) is 2.63. The van der Waals surface area contributed by atoms with Crippen molar-refractivity contribution in [2.75, 3.05) is 12.4 Å². The largest absolute Gasteiger partial charge is 0.326 e. The molecule has 2 atom stereocenters. The van der Waals surface area contributed by atoms with Crippen LogP contribution in [-0.2, 0) is 4.79 Å². The number of carbonyl (C=O) groups is 1. The summed E-state index contributed by atoms with van der Waals surface area (Å²) in [6.45, 7) is 1.54. The molecule has 108 valence electrons. The molecule has 1 amide bonds. The van der Waals surface area contributed by atoms with Crippen molar-refractivity contribution < 1.29 is 4.79 Å². The van der Waals surface area contributed by atoms with Gasteiger partial charge in [0.15, 0.2) is 0 Å². The van der Waals surface area contributed by atoms with Gasteiger partial charge in [-0.25, -0.2) is 0 Å². The Hall–Kier alpha value is -1.00. The van der Waals surface area contributed by atoms with Crippen molar-refractivity contribution in [1.82, 2.24) is 4.90 Å². The molecule has 1 aromatic carbocycles. The number of piperidine rings is 1. The third-order valence-electron chi connectivity index (χ3n) is 4.53. The van der Waals surface area contributed by atoms with E-state index >= 15 is 0 Å². The van der Waals surface area contributed by atoms with E-state index in [0.717, 1.165) is 23.0 Å². The average molecular weight is 290 g/mol. The van der Waals surface area contributed by atoms with E-state index in [1.165, 1.54) is 37.5 Å². The fraction of sp³-hybridized carbons (Fsp3) is 0.562. The third kappa shape index (κ3) is 3.01. The first-order valence-electron chi connectivity index (χ1n) is 7.38. The Morgan fingerprint density at radius 2 is 1.80 bits per heavy atom. The summed E-state index contributed by atoms with van der Waals surface area (Å²) in [4.78, 5) is 14.9. The SMILES string of the molecule is CC(=O)Nc1ccc(SC2CC3CCC(C2)N3C)cc1. The van der Waals surface area contributed by atoms with Crippen LogP contribution in [0, 0.1) is 0 Å². The summed E-state index contributed by atoms with van der Waals surface area (Å²) < 4.78 is 0. The van der Waals surface area contributed by atoms with E-state index in [1.54, 1.807) is 0 Å². The van der Waals surface area contributed by atoms with Crippen LogP contribution >= 0.6 is 11.8 Å². The molecular weight excluding hydrogens is 268 g/mol. The Balaban J connectivity index is 1.60. The van der Waals surface area contributed by atoms with Crippen molar-refractivity contribution in [3.05, 3.63) is 24.3 Å². The molecule has 2 unspecified atom stereocenters. The Bertz CT molecular complexity index is 474. The minimum Gasteiger partial charge on any atom is -0.326 e. The fourth-order valence-electron chi connectivity index (χ4n) is 3.47. The summed E-state index contributed by atoms with van der Waals surface area (Å²) in [6, 6.07) is 9.82. The Morgan fingerprint density at radius 3 is 2.35 bits per heavy atom. The zero-order valence-electron chi connectivity index (χ0n) is 12.1. The lowest BCUT2D eigenvalue weighted by Gasteiger charge is -2.36. The lowest BCUT2D eigenvalue weighted by molar-refractivity contribution is -0.114. The van der Waals surface area contributed by atoms with Crippen LogP contribution in [0.15, 0.2) is 29.2 Å². The van der Waals surface area contributed by atoms with E-state index in [1.807, 2.05) is 23.9 Å². The quantitative estimate of drug-likeness (QED) is 0.926. The van der Waals surface area contributed by atoms with Crippen LogP contribution in [0.25, 0.3) is 0 Å². The number of thioether (sulfide) groups is 1. The zero-order valence-corrected chi connectivity index (χ0v) is 13.0. The van der Waals surface area contributed by atoms with Crippen molar-refractivity contribution >= 4 is 23.4 Å². The zero-order chi connectivity index (χ0) is 14.1. The van der Waals surface area contributed by atoms with Crippen molar-refractivity contribution in [2.24, 2.45) is 0 Å². The minimum absolute atomic E-state index is 0.0164. The molecule has 2 bridgehead atoms. The molecule has 20 heavy (non-hydrogen) atoms. The maximum Gasteiger partial charge on any atom is 0.221 e. The van der Waals surface area contributed by atoms with Gasteiger partial charge in [-0.3, -0.25) is 4.79 Å². The first-order valence-corrected chi connectivity index (χ1v) is 8.26. The van der Waals surface area contributed by atoms with Crippen LogP contribution < -0.4 is 5.32 Å². The van der Waals surface area contributed by atoms with Gasteiger partial charge in [0.05, 0.1) is 0 Å². The summed E-state index contributed by atoms with van der Waals surface area (Å²) >= 11 is 2.00. The number of fused-ring (bicyclic) bond motifs is 2.